The Balaban J connectivity index is 2.65. The van der Waals surface area contributed by atoms with Crippen molar-refractivity contribution in [2.45, 2.75) is 23.9 Å². The Morgan fingerprint density at radius 1 is 1.37 bits per heavy atom. The highest BCUT2D eigenvalue weighted by atomic mass is 32.2. The van der Waals surface area contributed by atoms with Gasteiger partial charge in [-0.05, 0) is 18.2 Å². The lowest BCUT2D eigenvalue weighted by Gasteiger charge is -2.08. The van der Waals surface area contributed by atoms with Crippen molar-refractivity contribution in [3.8, 4) is 0 Å². The van der Waals surface area contributed by atoms with Gasteiger partial charge in [-0.3, -0.25) is 9.00 Å². The van der Waals surface area contributed by atoms with Crippen LogP contribution in [-0.4, -0.2) is 22.5 Å². The molecule has 19 heavy (non-hydrogen) atoms. The van der Waals surface area contributed by atoms with E-state index >= 15 is 0 Å². The van der Waals surface area contributed by atoms with E-state index in [1.165, 1.54) is 18.4 Å². The molecule has 0 aliphatic carbocycles. The highest BCUT2D eigenvalue weighted by Crippen LogP contribution is 2.22. The molecular weight excluding hydrogens is 286 g/mol. The second-order valence-corrected chi connectivity index (χ2v) is 5.11. The summed E-state index contributed by atoms with van der Waals surface area (Å²) in [6.45, 7) is 0. The maximum atomic E-state index is 13.4. The van der Waals surface area contributed by atoms with Crippen molar-refractivity contribution in [2.24, 2.45) is 0 Å². The summed E-state index contributed by atoms with van der Waals surface area (Å²) >= 11 is 0. The largest absolute Gasteiger partial charge is 0.389 e. The van der Waals surface area contributed by atoms with Crippen molar-refractivity contribution in [3.63, 3.8) is 0 Å². The molecule has 0 saturated carbocycles. The van der Waals surface area contributed by atoms with Crippen LogP contribution in [0.5, 0.6) is 0 Å². The van der Waals surface area contributed by atoms with Gasteiger partial charge in [0.15, 0.2) is 0 Å². The molecule has 0 heterocycles. The maximum Gasteiger partial charge on any atom is 0.389 e. The number of alkyl halides is 3. The Kier molecular flexibility index (Phi) is 5.04. The molecule has 8 heteroatoms. The van der Waals surface area contributed by atoms with E-state index in [0.717, 1.165) is 6.07 Å². The van der Waals surface area contributed by atoms with Gasteiger partial charge in [0.05, 0.1) is 22.1 Å². The van der Waals surface area contributed by atoms with E-state index in [-0.39, 0.29) is 10.6 Å². The topological polar surface area (TPSA) is 46.2 Å². The Bertz CT molecular complexity index is 502. The van der Waals surface area contributed by atoms with Gasteiger partial charge in [-0.25, -0.2) is 4.39 Å². The van der Waals surface area contributed by atoms with Gasteiger partial charge in [-0.15, -0.1) is 0 Å². The molecule has 0 aromatic heterocycles. The lowest BCUT2D eigenvalue weighted by atomic mass is 10.2. The van der Waals surface area contributed by atoms with Gasteiger partial charge in [0, 0.05) is 18.4 Å². The molecule has 0 aliphatic heterocycles. The lowest BCUT2D eigenvalue weighted by Crippen LogP contribution is -2.16. The van der Waals surface area contributed by atoms with E-state index in [1.54, 1.807) is 0 Å². The van der Waals surface area contributed by atoms with Crippen molar-refractivity contribution in [2.75, 3.05) is 11.6 Å². The van der Waals surface area contributed by atoms with Crippen molar-refractivity contribution >= 4 is 22.4 Å². The molecule has 0 spiro atoms. The molecule has 1 aromatic carbocycles. The summed E-state index contributed by atoms with van der Waals surface area (Å²) in [7, 11) is -1.51. The number of benzene rings is 1. The minimum atomic E-state index is -4.41. The zero-order chi connectivity index (χ0) is 14.6. The summed E-state index contributed by atoms with van der Waals surface area (Å²) in [4.78, 5) is 11.2. The molecule has 1 N–H and O–H groups in total. The van der Waals surface area contributed by atoms with E-state index in [9.17, 15) is 26.6 Å². The Morgan fingerprint density at radius 2 is 2.00 bits per heavy atom. The molecule has 0 saturated heterocycles. The molecule has 0 unspecified atom stereocenters. The van der Waals surface area contributed by atoms with Crippen LogP contribution in [0.4, 0.5) is 23.2 Å². The number of anilines is 1. The second-order valence-electron chi connectivity index (χ2n) is 3.76. The number of halogens is 4. The number of nitrogens with one attached hydrogen (secondary N) is 1. The predicted octanol–water partition coefficient (Wildman–Crippen LogP) is 2.84. The standard InChI is InChI=1S/C11H11F4NO2S/c1-19(18)9-3-2-7(6-8(9)12)16-10(17)4-5-11(13,14)15/h2-3,6H,4-5H2,1H3,(H,16,17)/t19-/m0/s1. The van der Waals surface area contributed by atoms with E-state index in [0.29, 0.717) is 0 Å². The van der Waals surface area contributed by atoms with Crippen LogP contribution in [-0.2, 0) is 15.6 Å². The first kappa shape index (κ1) is 15.6. The third kappa shape index (κ3) is 5.37. The fraction of sp³-hybridized carbons (Fsp3) is 0.364. The van der Waals surface area contributed by atoms with Crippen LogP contribution in [0.15, 0.2) is 23.1 Å². The lowest BCUT2D eigenvalue weighted by molar-refractivity contribution is -0.142. The molecular formula is C11H11F4NO2S. The average Bonchev–Trinajstić information content (AvgIpc) is 2.25. The molecule has 0 fully saturated rings. The number of hydrogen-bond donors (Lipinski definition) is 1. The smallest absolute Gasteiger partial charge is 0.326 e. The number of carbonyl (C=O) groups excluding carboxylic acids is 1. The SMILES string of the molecule is C[S@](=O)c1ccc(NC(=O)CCC(F)(F)F)cc1F. The molecule has 1 aromatic rings. The van der Waals surface area contributed by atoms with E-state index in [4.69, 9.17) is 0 Å². The number of rotatable bonds is 4. The highest BCUT2D eigenvalue weighted by Gasteiger charge is 2.27. The molecule has 1 rings (SSSR count). The van der Waals surface area contributed by atoms with Crippen molar-refractivity contribution in [3.05, 3.63) is 24.0 Å². The summed E-state index contributed by atoms with van der Waals surface area (Å²) in [6, 6.07) is 3.42. The Morgan fingerprint density at radius 3 is 2.47 bits per heavy atom. The molecule has 3 nitrogen and oxygen atoms in total. The van der Waals surface area contributed by atoms with Crippen LogP contribution in [0.3, 0.4) is 0 Å². The third-order valence-electron chi connectivity index (χ3n) is 2.16. The first-order valence-electron chi connectivity index (χ1n) is 5.18. The molecule has 0 radical (unpaired) electrons. The van der Waals surface area contributed by atoms with Gasteiger partial charge in [-0.2, -0.15) is 13.2 Å². The molecule has 1 atom stereocenters. The zero-order valence-electron chi connectivity index (χ0n) is 9.88. The third-order valence-corrected chi connectivity index (χ3v) is 3.11. The Hall–Kier alpha value is -1.44. The van der Waals surface area contributed by atoms with Crippen LogP contribution in [0.25, 0.3) is 0 Å². The molecule has 1 amide bonds. The van der Waals surface area contributed by atoms with Crippen molar-refractivity contribution in [1.29, 1.82) is 0 Å². The van der Waals surface area contributed by atoms with E-state index < -0.39 is 41.5 Å². The fourth-order valence-corrected chi connectivity index (χ4v) is 1.88. The quantitative estimate of drug-likeness (QED) is 0.869. The molecule has 0 bridgehead atoms. The van der Waals surface area contributed by atoms with Crippen molar-refractivity contribution in [1.82, 2.24) is 0 Å². The predicted molar refractivity (Wildman–Crippen MR) is 62.7 cm³/mol. The van der Waals surface area contributed by atoms with Crippen molar-refractivity contribution < 1.29 is 26.6 Å². The molecule has 0 aliphatic rings. The van der Waals surface area contributed by atoms with E-state index in [1.807, 2.05) is 0 Å². The van der Waals surface area contributed by atoms with E-state index in [2.05, 4.69) is 5.32 Å². The monoisotopic (exact) mass is 297 g/mol. The average molecular weight is 297 g/mol. The number of hydrogen-bond acceptors (Lipinski definition) is 2. The highest BCUT2D eigenvalue weighted by molar-refractivity contribution is 7.84. The van der Waals surface area contributed by atoms with Crippen LogP contribution in [0.2, 0.25) is 0 Å². The maximum absolute atomic E-state index is 13.4. The van der Waals surface area contributed by atoms with Gasteiger partial charge in [0.25, 0.3) is 0 Å². The minimum Gasteiger partial charge on any atom is -0.326 e. The fourth-order valence-electron chi connectivity index (χ4n) is 1.29. The minimum absolute atomic E-state index is 0.0267. The summed E-state index contributed by atoms with van der Waals surface area (Å²) in [5.41, 5.74) is 0.0267. The summed E-state index contributed by atoms with van der Waals surface area (Å²) in [5.74, 6) is -1.64. The van der Waals surface area contributed by atoms with Gasteiger partial charge in [0.2, 0.25) is 5.91 Å². The molecule has 106 valence electrons. The zero-order valence-corrected chi connectivity index (χ0v) is 10.7. The van der Waals surface area contributed by atoms with Gasteiger partial charge in [0.1, 0.15) is 5.82 Å². The van der Waals surface area contributed by atoms with Gasteiger partial charge >= 0.3 is 6.18 Å². The number of amides is 1. The van der Waals surface area contributed by atoms with Gasteiger partial charge in [-0.1, -0.05) is 0 Å². The number of carbonyl (C=O) groups is 1. The van der Waals surface area contributed by atoms with Crippen LogP contribution >= 0.6 is 0 Å². The van der Waals surface area contributed by atoms with Crippen LogP contribution in [0, 0.1) is 5.82 Å². The normalized spacial score (nSPS) is 13.1. The summed E-state index contributed by atoms with van der Waals surface area (Å²) in [6.07, 6.45) is -5.09. The van der Waals surface area contributed by atoms with Crippen LogP contribution in [0.1, 0.15) is 12.8 Å². The summed E-state index contributed by atoms with van der Waals surface area (Å²) in [5, 5.41) is 2.14. The first-order valence-corrected chi connectivity index (χ1v) is 6.74. The first-order chi connectivity index (χ1) is 8.69. The van der Waals surface area contributed by atoms with Crippen LogP contribution < -0.4 is 5.32 Å². The Labute approximate surface area is 109 Å². The van der Waals surface area contributed by atoms with Gasteiger partial charge < -0.3 is 5.32 Å². The summed E-state index contributed by atoms with van der Waals surface area (Å²) < 4.78 is 60.1. The second kappa shape index (κ2) is 6.14.